The Bertz CT molecular complexity index is 520. The van der Waals surface area contributed by atoms with Gasteiger partial charge in [0.05, 0.1) is 5.01 Å². The van der Waals surface area contributed by atoms with Crippen molar-refractivity contribution in [3.05, 3.63) is 34.8 Å². The SMILES string of the molecule is CCCc1nc(-c2ccc(C(F)F)cc2)c(N)s1. The molecule has 2 aromatic rings. The van der Waals surface area contributed by atoms with E-state index in [1.807, 2.05) is 0 Å². The van der Waals surface area contributed by atoms with E-state index >= 15 is 0 Å². The molecular weight excluding hydrogens is 254 g/mol. The number of nitrogen functional groups attached to an aromatic ring is 1. The first-order chi connectivity index (χ1) is 8.61. The number of alkyl halides is 2. The Morgan fingerprint density at radius 2 is 1.94 bits per heavy atom. The summed E-state index contributed by atoms with van der Waals surface area (Å²) in [5.74, 6) is 0. The van der Waals surface area contributed by atoms with Crippen LogP contribution in [-0.2, 0) is 6.42 Å². The summed E-state index contributed by atoms with van der Waals surface area (Å²) in [7, 11) is 0. The summed E-state index contributed by atoms with van der Waals surface area (Å²) >= 11 is 1.46. The van der Waals surface area contributed by atoms with Crippen LogP contribution in [0.25, 0.3) is 11.3 Å². The minimum atomic E-state index is -2.44. The van der Waals surface area contributed by atoms with Crippen molar-refractivity contribution in [1.29, 1.82) is 0 Å². The molecule has 0 radical (unpaired) electrons. The summed E-state index contributed by atoms with van der Waals surface area (Å²) in [5, 5.41) is 1.63. The van der Waals surface area contributed by atoms with Gasteiger partial charge in [0, 0.05) is 11.1 Å². The van der Waals surface area contributed by atoms with Crippen LogP contribution < -0.4 is 5.73 Å². The first-order valence-corrected chi connectivity index (χ1v) is 6.57. The van der Waals surface area contributed by atoms with Gasteiger partial charge in [-0.3, -0.25) is 0 Å². The molecule has 2 rings (SSSR count). The molecule has 0 atom stereocenters. The zero-order valence-corrected chi connectivity index (χ0v) is 10.8. The number of anilines is 1. The van der Waals surface area contributed by atoms with E-state index in [0.29, 0.717) is 10.7 Å². The van der Waals surface area contributed by atoms with Crippen LogP contribution in [0.5, 0.6) is 0 Å². The van der Waals surface area contributed by atoms with Crippen molar-refractivity contribution in [3.63, 3.8) is 0 Å². The molecule has 0 unspecified atom stereocenters. The lowest BCUT2D eigenvalue weighted by Gasteiger charge is -2.01. The molecule has 0 amide bonds. The lowest BCUT2D eigenvalue weighted by atomic mass is 10.1. The van der Waals surface area contributed by atoms with E-state index < -0.39 is 6.43 Å². The van der Waals surface area contributed by atoms with Crippen LogP contribution in [0, 0.1) is 0 Å². The number of thiazole rings is 1. The maximum Gasteiger partial charge on any atom is 0.263 e. The van der Waals surface area contributed by atoms with Gasteiger partial charge in [0.15, 0.2) is 0 Å². The molecule has 18 heavy (non-hydrogen) atoms. The van der Waals surface area contributed by atoms with E-state index in [4.69, 9.17) is 5.73 Å². The van der Waals surface area contributed by atoms with Crippen LogP contribution in [0.1, 0.15) is 30.3 Å². The quantitative estimate of drug-likeness (QED) is 0.898. The number of hydrogen-bond acceptors (Lipinski definition) is 3. The molecule has 0 saturated carbocycles. The van der Waals surface area contributed by atoms with Gasteiger partial charge in [0.1, 0.15) is 10.7 Å². The highest BCUT2D eigenvalue weighted by Gasteiger charge is 2.12. The number of nitrogens with zero attached hydrogens (tertiary/aromatic N) is 1. The lowest BCUT2D eigenvalue weighted by Crippen LogP contribution is -1.88. The van der Waals surface area contributed by atoms with Crippen molar-refractivity contribution in [2.75, 3.05) is 5.73 Å². The minimum Gasteiger partial charge on any atom is -0.389 e. The van der Waals surface area contributed by atoms with Crippen molar-refractivity contribution < 1.29 is 8.78 Å². The van der Waals surface area contributed by atoms with Gasteiger partial charge in [-0.25, -0.2) is 13.8 Å². The average molecular weight is 268 g/mol. The maximum absolute atomic E-state index is 12.4. The highest BCUT2D eigenvalue weighted by molar-refractivity contribution is 7.16. The summed E-state index contributed by atoms with van der Waals surface area (Å²) in [6.07, 6.45) is -0.539. The van der Waals surface area contributed by atoms with E-state index in [1.54, 1.807) is 12.1 Å². The Labute approximate surface area is 108 Å². The van der Waals surface area contributed by atoms with E-state index in [1.165, 1.54) is 23.5 Å². The topological polar surface area (TPSA) is 38.9 Å². The largest absolute Gasteiger partial charge is 0.389 e. The molecule has 1 aromatic heterocycles. The normalized spacial score (nSPS) is 11.1. The highest BCUT2D eigenvalue weighted by Crippen LogP contribution is 2.32. The van der Waals surface area contributed by atoms with Gasteiger partial charge in [0.25, 0.3) is 6.43 Å². The van der Waals surface area contributed by atoms with Gasteiger partial charge in [-0.05, 0) is 12.8 Å². The molecule has 0 saturated heterocycles. The predicted octanol–water partition coefficient (Wildman–Crippen LogP) is 4.28. The molecule has 2 nitrogen and oxygen atoms in total. The summed E-state index contributed by atoms with van der Waals surface area (Å²) in [6.45, 7) is 2.08. The third-order valence-corrected chi connectivity index (χ3v) is 3.54. The Hall–Kier alpha value is -1.49. The fraction of sp³-hybridized carbons (Fsp3) is 0.308. The predicted molar refractivity (Wildman–Crippen MR) is 70.9 cm³/mol. The van der Waals surface area contributed by atoms with Crippen LogP contribution in [0.15, 0.2) is 24.3 Å². The molecule has 0 bridgehead atoms. The van der Waals surface area contributed by atoms with Crippen molar-refractivity contribution in [2.45, 2.75) is 26.2 Å². The Balaban J connectivity index is 2.30. The highest BCUT2D eigenvalue weighted by atomic mass is 32.1. The van der Waals surface area contributed by atoms with Crippen molar-refractivity contribution in [2.24, 2.45) is 0 Å². The van der Waals surface area contributed by atoms with Gasteiger partial charge in [0.2, 0.25) is 0 Å². The number of rotatable bonds is 4. The maximum atomic E-state index is 12.4. The molecule has 1 aromatic carbocycles. The van der Waals surface area contributed by atoms with Crippen LogP contribution >= 0.6 is 11.3 Å². The van der Waals surface area contributed by atoms with E-state index in [2.05, 4.69) is 11.9 Å². The second kappa shape index (κ2) is 5.44. The molecule has 1 heterocycles. The zero-order chi connectivity index (χ0) is 13.1. The first kappa shape index (κ1) is 13.0. The van der Waals surface area contributed by atoms with Crippen LogP contribution in [-0.4, -0.2) is 4.98 Å². The summed E-state index contributed by atoms with van der Waals surface area (Å²) in [6, 6.07) is 6.11. The average Bonchev–Trinajstić information content (AvgIpc) is 2.71. The Kier molecular flexibility index (Phi) is 3.91. The van der Waals surface area contributed by atoms with Gasteiger partial charge in [-0.1, -0.05) is 31.2 Å². The molecule has 2 N–H and O–H groups in total. The third-order valence-electron chi connectivity index (χ3n) is 2.60. The number of aromatic nitrogens is 1. The number of aryl methyl sites for hydroxylation is 1. The lowest BCUT2D eigenvalue weighted by molar-refractivity contribution is 0.151. The fourth-order valence-electron chi connectivity index (χ4n) is 1.69. The second-order valence-electron chi connectivity index (χ2n) is 3.99. The Morgan fingerprint density at radius 3 is 2.50 bits per heavy atom. The molecule has 0 spiro atoms. The van der Waals surface area contributed by atoms with Crippen LogP contribution in [0.4, 0.5) is 13.8 Å². The molecule has 0 aliphatic rings. The number of halogens is 2. The molecule has 0 aliphatic carbocycles. The zero-order valence-electron chi connectivity index (χ0n) is 9.99. The summed E-state index contributed by atoms with van der Waals surface area (Å²) in [4.78, 5) is 4.45. The second-order valence-corrected chi connectivity index (χ2v) is 5.11. The van der Waals surface area contributed by atoms with Crippen molar-refractivity contribution in [1.82, 2.24) is 4.98 Å². The van der Waals surface area contributed by atoms with E-state index in [0.717, 1.165) is 23.4 Å². The third kappa shape index (κ3) is 2.67. The van der Waals surface area contributed by atoms with E-state index in [-0.39, 0.29) is 5.56 Å². The smallest absolute Gasteiger partial charge is 0.263 e. The number of nitrogens with two attached hydrogens (primary N) is 1. The standard InChI is InChI=1S/C13H14F2N2S/c1-2-3-10-17-11(13(16)18-10)8-4-6-9(7-5-8)12(14)15/h4-7,12H,2-3,16H2,1H3. The monoisotopic (exact) mass is 268 g/mol. The van der Waals surface area contributed by atoms with Gasteiger partial charge >= 0.3 is 0 Å². The number of hydrogen-bond donors (Lipinski definition) is 1. The van der Waals surface area contributed by atoms with Gasteiger partial charge < -0.3 is 5.73 Å². The molecule has 96 valence electrons. The van der Waals surface area contributed by atoms with E-state index in [9.17, 15) is 8.78 Å². The first-order valence-electron chi connectivity index (χ1n) is 5.75. The van der Waals surface area contributed by atoms with Gasteiger partial charge in [-0.15, -0.1) is 11.3 Å². The molecule has 0 aliphatic heterocycles. The summed E-state index contributed by atoms with van der Waals surface area (Å²) in [5.41, 5.74) is 7.41. The number of benzene rings is 1. The van der Waals surface area contributed by atoms with Crippen molar-refractivity contribution >= 4 is 16.3 Å². The fourth-order valence-corrected chi connectivity index (χ4v) is 2.65. The molecule has 0 fully saturated rings. The molecular formula is C13H14F2N2S. The minimum absolute atomic E-state index is 0.0151. The van der Waals surface area contributed by atoms with Crippen LogP contribution in [0.3, 0.4) is 0 Å². The molecule has 5 heteroatoms. The van der Waals surface area contributed by atoms with Gasteiger partial charge in [-0.2, -0.15) is 0 Å². The summed E-state index contributed by atoms with van der Waals surface area (Å²) < 4.78 is 24.9. The van der Waals surface area contributed by atoms with Crippen molar-refractivity contribution in [3.8, 4) is 11.3 Å². The van der Waals surface area contributed by atoms with Crippen LogP contribution in [0.2, 0.25) is 0 Å². The Morgan fingerprint density at radius 1 is 1.28 bits per heavy atom.